The Bertz CT molecular complexity index is 322. The molecular formula is C12H19N3O. The van der Waals surface area contributed by atoms with Crippen molar-refractivity contribution < 1.29 is 4.79 Å². The van der Waals surface area contributed by atoms with Gasteiger partial charge in [0.25, 0.3) is 0 Å². The van der Waals surface area contributed by atoms with Gasteiger partial charge in [0.2, 0.25) is 0 Å². The number of carbonyl (C=O) groups excluding carboxylic acids is 1. The molecule has 1 atom stereocenters. The van der Waals surface area contributed by atoms with Crippen LogP contribution in [0.2, 0.25) is 0 Å². The van der Waals surface area contributed by atoms with Crippen LogP contribution in [-0.4, -0.2) is 36.9 Å². The summed E-state index contributed by atoms with van der Waals surface area (Å²) in [5, 5.41) is 2.87. The Balaban J connectivity index is 1.77. The first-order chi connectivity index (χ1) is 7.75. The first kappa shape index (κ1) is 11.2. The van der Waals surface area contributed by atoms with Crippen LogP contribution in [0.3, 0.4) is 0 Å². The lowest BCUT2D eigenvalue weighted by molar-refractivity contribution is 0.248. The minimum absolute atomic E-state index is 0.191. The van der Waals surface area contributed by atoms with Gasteiger partial charge >= 0.3 is 6.03 Å². The molecule has 1 unspecified atom stereocenters. The molecule has 1 saturated heterocycles. The number of nitrogens with one attached hydrogen (secondary N) is 1. The number of amidine groups is 1. The molecule has 2 rings (SSSR count). The van der Waals surface area contributed by atoms with Crippen LogP contribution >= 0.6 is 0 Å². The molecule has 0 saturated carbocycles. The van der Waals surface area contributed by atoms with Crippen molar-refractivity contribution >= 4 is 11.9 Å². The second-order valence-electron chi connectivity index (χ2n) is 4.50. The predicted molar refractivity (Wildman–Crippen MR) is 64.6 cm³/mol. The molecule has 4 nitrogen and oxygen atoms in total. The van der Waals surface area contributed by atoms with E-state index < -0.39 is 0 Å². The number of nitrogens with zero attached hydrogens (tertiary/aromatic N) is 2. The number of hydrogen-bond donors (Lipinski definition) is 1. The standard InChI is InChI=1S/C12H19N3O/c1-15-8-4-7-11(15)14-12(16)13-9-10-5-2-3-6-10/h2,5,10H,3-4,6-9H2,1H3,(H,13,16). The van der Waals surface area contributed by atoms with Crippen LogP contribution in [-0.2, 0) is 0 Å². The van der Waals surface area contributed by atoms with Crippen LogP contribution in [0.15, 0.2) is 17.1 Å². The molecule has 1 N–H and O–H groups in total. The molecule has 0 radical (unpaired) electrons. The fraction of sp³-hybridized carbons (Fsp3) is 0.667. The maximum atomic E-state index is 11.6. The summed E-state index contributed by atoms with van der Waals surface area (Å²) < 4.78 is 0. The van der Waals surface area contributed by atoms with Gasteiger partial charge in [0.15, 0.2) is 0 Å². The van der Waals surface area contributed by atoms with E-state index in [1.807, 2.05) is 7.05 Å². The van der Waals surface area contributed by atoms with E-state index in [1.54, 1.807) is 0 Å². The van der Waals surface area contributed by atoms with Crippen LogP contribution in [0.25, 0.3) is 0 Å². The monoisotopic (exact) mass is 221 g/mol. The summed E-state index contributed by atoms with van der Waals surface area (Å²) in [6.07, 6.45) is 8.67. The van der Waals surface area contributed by atoms with Crippen molar-refractivity contribution in [2.24, 2.45) is 10.9 Å². The highest BCUT2D eigenvalue weighted by molar-refractivity contribution is 5.94. The Morgan fingerprint density at radius 1 is 1.69 bits per heavy atom. The fourth-order valence-corrected chi connectivity index (χ4v) is 2.18. The lowest BCUT2D eigenvalue weighted by Gasteiger charge is -2.11. The first-order valence-corrected chi connectivity index (χ1v) is 5.99. The summed E-state index contributed by atoms with van der Waals surface area (Å²) in [6, 6.07) is -0.191. The van der Waals surface area contributed by atoms with Crippen molar-refractivity contribution in [1.29, 1.82) is 0 Å². The highest BCUT2D eigenvalue weighted by Crippen LogP contribution is 2.15. The summed E-state index contributed by atoms with van der Waals surface area (Å²) in [7, 11) is 1.98. The topological polar surface area (TPSA) is 44.7 Å². The zero-order chi connectivity index (χ0) is 11.4. The van der Waals surface area contributed by atoms with Gasteiger partial charge in [0.05, 0.1) is 0 Å². The molecule has 0 spiro atoms. The number of likely N-dealkylation sites (tertiary alicyclic amines) is 1. The largest absolute Gasteiger partial charge is 0.363 e. The Morgan fingerprint density at radius 2 is 2.56 bits per heavy atom. The van der Waals surface area contributed by atoms with Crippen LogP contribution < -0.4 is 5.32 Å². The average molecular weight is 221 g/mol. The van der Waals surface area contributed by atoms with Crippen LogP contribution in [0.1, 0.15) is 25.7 Å². The van der Waals surface area contributed by atoms with E-state index in [9.17, 15) is 4.79 Å². The van der Waals surface area contributed by atoms with E-state index in [4.69, 9.17) is 0 Å². The number of urea groups is 1. The van der Waals surface area contributed by atoms with Gasteiger partial charge in [0.1, 0.15) is 5.84 Å². The Morgan fingerprint density at radius 3 is 3.19 bits per heavy atom. The van der Waals surface area contributed by atoms with Gasteiger partial charge in [-0.3, -0.25) is 0 Å². The number of amides is 2. The summed E-state index contributed by atoms with van der Waals surface area (Å²) in [6.45, 7) is 1.73. The fourth-order valence-electron chi connectivity index (χ4n) is 2.18. The van der Waals surface area contributed by atoms with Crippen molar-refractivity contribution in [3.8, 4) is 0 Å². The van der Waals surface area contributed by atoms with E-state index in [1.165, 1.54) is 0 Å². The van der Waals surface area contributed by atoms with Crippen molar-refractivity contribution in [3.63, 3.8) is 0 Å². The summed E-state index contributed by atoms with van der Waals surface area (Å²) in [4.78, 5) is 17.7. The number of carbonyl (C=O) groups is 1. The van der Waals surface area contributed by atoms with Gasteiger partial charge in [-0.05, 0) is 25.2 Å². The Labute approximate surface area is 96.4 Å². The van der Waals surface area contributed by atoms with Crippen LogP contribution in [0, 0.1) is 5.92 Å². The van der Waals surface area contributed by atoms with Crippen LogP contribution in [0.5, 0.6) is 0 Å². The molecule has 0 bridgehead atoms. The van der Waals surface area contributed by atoms with E-state index in [0.717, 1.165) is 44.6 Å². The molecule has 0 aromatic carbocycles. The van der Waals surface area contributed by atoms with Gasteiger partial charge in [0, 0.05) is 26.6 Å². The molecule has 1 aliphatic heterocycles. The number of aliphatic imine (C=N–C) groups is 1. The summed E-state index contributed by atoms with van der Waals surface area (Å²) >= 11 is 0. The summed E-state index contributed by atoms with van der Waals surface area (Å²) in [5.41, 5.74) is 0. The zero-order valence-corrected chi connectivity index (χ0v) is 9.78. The molecule has 1 fully saturated rings. The normalized spacial score (nSPS) is 26.7. The Hall–Kier alpha value is -1.32. The smallest absolute Gasteiger partial charge is 0.342 e. The van der Waals surface area contributed by atoms with E-state index in [-0.39, 0.29) is 6.03 Å². The number of allylic oxidation sites excluding steroid dienone is 1. The van der Waals surface area contributed by atoms with Gasteiger partial charge < -0.3 is 10.2 Å². The second-order valence-corrected chi connectivity index (χ2v) is 4.50. The molecule has 4 heteroatoms. The third kappa shape index (κ3) is 2.84. The molecule has 0 aromatic heterocycles. The van der Waals surface area contributed by atoms with Crippen molar-refractivity contribution in [3.05, 3.63) is 12.2 Å². The minimum Gasteiger partial charge on any atom is -0.363 e. The van der Waals surface area contributed by atoms with E-state index in [2.05, 4.69) is 27.4 Å². The number of rotatable bonds is 2. The molecule has 16 heavy (non-hydrogen) atoms. The molecule has 88 valence electrons. The summed E-state index contributed by atoms with van der Waals surface area (Å²) in [5.74, 6) is 1.42. The average Bonchev–Trinajstić information content (AvgIpc) is 2.88. The SMILES string of the molecule is CN1CCCC1=NC(=O)NCC1C=CCC1. The highest BCUT2D eigenvalue weighted by Gasteiger charge is 2.16. The number of hydrogen-bond acceptors (Lipinski definition) is 1. The Kier molecular flexibility index (Phi) is 3.59. The van der Waals surface area contributed by atoms with Crippen LogP contribution in [0.4, 0.5) is 4.79 Å². The molecule has 2 aliphatic rings. The van der Waals surface area contributed by atoms with Crippen molar-refractivity contribution in [2.45, 2.75) is 25.7 Å². The third-order valence-corrected chi connectivity index (χ3v) is 3.19. The van der Waals surface area contributed by atoms with Crippen molar-refractivity contribution in [1.82, 2.24) is 10.2 Å². The maximum absolute atomic E-state index is 11.6. The quantitative estimate of drug-likeness (QED) is 0.722. The van der Waals surface area contributed by atoms with Gasteiger partial charge in [-0.2, -0.15) is 4.99 Å². The predicted octanol–water partition coefficient (Wildman–Crippen LogP) is 1.79. The lowest BCUT2D eigenvalue weighted by atomic mass is 10.1. The molecular weight excluding hydrogens is 202 g/mol. The molecule has 0 aromatic rings. The molecule has 2 amide bonds. The van der Waals surface area contributed by atoms with Gasteiger partial charge in [-0.1, -0.05) is 12.2 Å². The maximum Gasteiger partial charge on any atom is 0.342 e. The first-order valence-electron chi connectivity index (χ1n) is 5.99. The van der Waals surface area contributed by atoms with Crippen molar-refractivity contribution in [2.75, 3.05) is 20.1 Å². The lowest BCUT2D eigenvalue weighted by Crippen LogP contribution is -2.28. The van der Waals surface area contributed by atoms with Gasteiger partial charge in [-0.25, -0.2) is 4.79 Å². The molecule has 1 heterocycles. The highest BCUT2D eigenvalue weighted by atomic mass is 16.2. The van der Waals surface area contributed by atoms with E-state index >= 15 is 0 Å². The second kappa shape index (κ2) is 5.14. The van der Waals surface area contributed by atoms with E-state index in [0.29, 0.717) is 5.92 Å². The van der Waals surface area contributed by atoms with Gasteiger partial charge in [-0.15, -0.1) is 0 Å². The minimum atomic E-state index is -0.191. The zero-order valence-electron chi connectivity index (χ0n) is 9.78. The molecule has 1 aliphatic carbocycles. The third-order valence-electron chi connectivity index (χ3n) is 3.19.